The van der Waals surface area contributed by atoms with Crippen LogP contribution in [0.4, 0.5) is 5.00 Å². The Morgan fingerprint density at radius 1 is 1.50 bits per heavy atom. The highest BCUT2D eigenvalue weighted by molar-refractivity contribution is 9.08. The van der Waals surface area contributed by atoms with E-state index in [0.29, 0.717) is 0 Å². The number of hydrogen-bond donors (Lipinski definition) is 1. The van der Waals surface area contributed by atoms with Gasteiger partial charge in [-0.1, -0.05) is 0 Å². The fourth-order valence-corrected chi connectivity index (χ4v) is 2.31. The van der Waals surface area contributed by atoms with Gasteiger partial charge in [-0.15, -0.1) is 12.6 Å². The third kappa shape index (κ3) is 3.32. The molecule has 0 aliphatic heterocycles. The van der Waals surface area contributed by atoms with E-state index in [4.69, 9.17) is 0 Å². The fourth-order valence-electron chi connectivity index (χ4n) is 1.34. The van der Waals surface area contributed by atoms with Crippen LogP contribution in [0.1, 0.15) is 5.82 Å². The van der Waals surface area contributed by atoms with Crippen molar-refractivity contribution in [2.24, 2.45) is 0 Å². The van der Waals surface area contributed by atoms with Crippen LogP contribution in [0.15, 0.2) is 28.9 Å². The number of pyridine rings is 1. The monoisotopic (exact) mass is 373 g/mol. The number of halogens is 1. The van der Waals surface area contributed by atoms with Gasteiger partial charge in [0.15, 0.2) is 5.65 Å². The zero-order valence-corrected chi connectivity index (χ0v) is 13.4. The molecule has 10 heteroatoms. The smallest absolute Gasteiger partial charge is 0.257 e. The minimum atomic E-state index is -0.461. The molecule has 3 aromatic rings. The van der Waals surface area contributed by atoms with Gasteiger partial charge in [0.05, 0.1) is 26.6 Å². The Balaban J connectivity index is 0.000000160. The Labute approximate surface area is 131 Å². The molecule has 0 N–H and O–H groups in total. The number of thiol groups is 1. The van der Waals surface area contributed by atoms with Crippen LogP contribution in [-0.2, 0) is 0 Å². The lowest BCUT2D eigenvalue weighted by atomic mass is 10.4. The third-order valence-corrected chi connectivity index (χ3v) is 4.00. The van der Waals surface area contributed by atoms with Gasteiger partial charge in [0.1, 0.15) is 17.5 Å². The van der Waals surface area contributed by atoms with E-state index in [2.05, 4.69) is 43.7 Å². The van der Waals surface area contributed by atoms with Crippen molar-refractivity contribution >= 4 is 56.3 Å². The summed E-state index contributed by atoms with van der Waals surface area (Å²) in [5.41, 5.74) is 3.11. The number of fused-ring (bicyclic) bond motifs is 1. The number of aromatic nitrogens is 4. The molecule has 0 aromatic carbocycles. The molecule has 0 spiro atoms. The molecule has 3 aromatic heterocycles. The van der Waals surface area contributed by atoms with Crippen molar-refractivity contribution in [2.45, 2.75) is 11.8 Å². The van der Waals surface area contributed by atoms with Crippen LogP contribution in [0.5, 0.6) is 0 Å². The number of hydrogen-bond acceptors (Lipinski definition) is 7. The van der Waals surface area contributed by atoms with Crippen molar-refractivity contribution in [3.8, 4) is 0 Å². The van der Waals surface area contributed by atoms with Gasteiger partial charge >= 0.3 is 5.00 Å². The molecule has 0 radical (unpaired) electrons. The lowest BCUT2D eigenvalue weighted by Gasteiger charge is -1.92. The van der Waals surface area contributed by atoms with E-state index in [0.717, 1.165) is 33.2 Å². The van der Waals surface area contributed by atoms with Crippen LogP contribution in [0.3, 0.4) is 0 Å². The Hall–Kier alpha value is -1.52. The highest BCUT2D eigenvalue weighted by atomic mass is 79.9. The van der Waals surface area contributed by atoms with E-state index in [9.17, 15) is 10.1 Å². The maximum absolute atomic E-state index is 9.84. The molecule has 0 saturated carbocycles. The van der Waals surface area contributed by atoms with Crippen molar-refractivity contribution in [3.63, 3.8) is 0 Å². The summed E-state index contributed by atoms with van der Waals surface area (Å²) in [5.74, 6) is 0.886. The first-order valence-corrected chi connectivity index (χ1v) is 7.25. The first kappa shape index (κ1) is 14.9. The summed E-state index contributed by atoms with van der Waals surface area (Å²) in [6.07, 6.45) is 2.93. The molecule has 20 heavy (non-hydrogen) atoms. The number of aryl methyl sites for hydroxylation is 1. The number of thiazole rings is 1. The molecule has 0 unspecified atom stereocenters. The summed E-state index contributed by atoms with van der Waals surface area (Å²) in [6, 6.07) is 1.89. The molecule has 0 aliphatic rings. The normalized spacial score (nSPS) is 10.2. The Morgan fingerprint density at radius 2 is 2.25 bits per heavy atom. The number of imidazole rings is 1. The summed E-state index contributed by atoms with van der Waals surface area (Å²) >= 11 is 8.54. The molecule has 3 rings (SSSR count). The standard InChI is InChI=1S/C7H6BrN3S.C3H2N2O2S/c1-4-10-6-2-5(12)3-9-7(6)11(4)8;6-5(7)3-1-4-2-8-3/h2-3,12H,1H3;1-2H. The molecule has 0 amide bonds. The quantitative estimate of drug-likeness (QED) is 0.401. The predicted molar refractivity (Wildman–Crippen MR) is 82.6 cm³/mol. The fraction of sp³-hybridized carbons (Fsp3) is 0.100. The van der Waals surface area contributed by atoms with E-state index in [1.807, 2.05) is 13.0 Å². The first-order chi connectivity index (χ1) is 9.49. The van der Waals surface area contributed by atoms with E-state index in [-0.39, 0.29) is 5.00 Å². The number of rotatable bonds is 1. The average Bonchev–Trinajstić information content (AvgIpc) is 3.00. The van der Waals surface area contributed by atoms with Gasteiger partial charge in [-0.3, -0.25) is 10.1 Å². The zero-order valence-electron chi connectivity index (χ0n) is 10.1. The Bertz CT molecular complexity index is 744. The van der Waals surface area contributed by atoms with Crippen LogP contribution in [0, 0.1) is 17.0 Å². The summed E-state index contributed by atoms with van der Waals surface area (Å²) in [4.78, 5) is 22.2. The van der Waals surface area contributed by atoms with E-state index >= 15 is 0 Å². The minimum Gasteiger partial charge on any atom is -0.257 e. The number of nitro groups is 1. The molecule has 0 atom stereocenters. The van der Waals surface area contributed by atoms with Gasteiger partial charge in [0.2, 0.25) is 0 Å². The van der Waals surface area contributed by atoms with Crippen molar-refractivity contribution in [2.75, 3.05) is 0 Å². The SMILES string of the molecule is Cc1nc2cc(S)cnc2n1Br.O=[N+]([O-])c1cncs1. The molecule has 0 saturated heterocycles. The Morgan fingerprint density at radius 3 is 2.80 bits per heavy atom. The summed E-state index contributed by atoms with van der Waals surface area (Å²) < 4.78 is 1.77. The predicted octanol–water partition coefficient (Wildman–Crippen LogP) is 3.24. The van der Waals surface area contributed by atoms with Crippen LogP contribution >= 0.6 is 40.1 Å². The van der Waals surface area contributed by atoms with Crippen molar-refractivity contribution in [1.82, 2.24) is 18.5 Å². The van der Waals surface area contributed by atoms with Gasteiger partial charge in [-0.2, -0.15) is 0 Å². The minimum absolute atomic E-state index is 0.0880. The summed E-state index contributed by atoms with van der Waals surface area (Å²) in [5, 5.41) is 9.93. The van der Waals surface area contributed by atoms with Gasteiger partial charge < -0.3 is 0 Å². The highest BCUT2D eigenvalue weighted by Crippen LogP contribution is 2.18. The van der Waals surface area contributed by atoms with Gasteiger partial charge in [0.25, 0.3) is 0 Å². The van der Waals surface area contributed by atoms with Crippen LogP contribution in [0.2, 0.25) is 0 Å². The Kier molecular flexibility index (Phi) is 4.68. The average molecular weight is 374 g/mol. The molecule has 3 heterocycles. The van der Waals surface area contributed by atoms with Gasteiger partial charge in [0, 0.05) is 11.1 Å². The molecule has 0 bridgehead atoms. The van der Waals surface area contributed by atoms with Gasteiger partial charge in [-0.25, -0.2) is 18.5 Å². The van der Waals surface area contributed by atoms with Crippen molar-refractivity contribution < 1.29 is 4.92 Å². The second-order valence-electron chi connectivity index (χ2n) is 3.57. The van der Waals surface area contributed by atoms with Gasteiger partial charge in [-0.05, 0) is 24.3 Å². The lowest BCUT2D eigenvalue weighted by molar-refractivity contribution is -0.380. The zero-order chi connectivity index (χ0) is 14.7. The van der Waals surface area contributed by atoms with Crippen molar-refractivity contribution in [3.05, 3.63) is 39.9 Å². The first-order valence-electron chi connectivity index (χ1n) is 5.22. The lowest BCUT2D eigenvalue weighted by Crippen LogP contribution is -1.84. The molecular formula is C10H8BrN5O2S2. The van der Waals surface area contributed by atoms with Crippen LogP contribution in [0.25, 0.3) is 11.2 Å². The van der Waals surface area contributed by atoms with E-state index in [1.165, 1.54) is 11.7 Å². The second kappa shape index (κ2) is 6.29. The number of nitrogens with zero attached hydrogens (tertiary/aromatic N) is 5. The van der Waals surface area contributed by atoms with Crippen LogP contribution in [-0.4, -0.2) is 23.5 Å². The highest BCUT2D eigenvalue weighted by Gasteiger charge is 2.05. The molecule has 0 aliphatic carbocycles. The topological polar surface area (TPSA) is 86.7 Å². The maximum Gasteiger partial charge on any atom is 0.343 e. The second-order valence-corrected chi connectivity index (χ2v) is 5.66. The van der Waals surface area contributed by atoms with E-state index < -0.39 is 4.92 Å². The van der Waals surface area contributed by atoms with Crippen molar-refractivity contribution in [1.29, 1.82) is 0 Å². The van der Waals surface area contributed by atoms with Crippen LogP contribution < -0.4 is 0 Å². The molecule has 104 valence electrons. The summed E-state index contributed by atoms with van der Waals surface area (Å²) in [7, 11) is 0. The largest absolute Gasteiger partial charge is 0.343 e. The molecule has 0 fully saturated rings. The molecule has 7 nitrogen and oxygen atoms in total. The van der Waals surface area contributed by atoms with E-state index in [1.54, 1.807) is 9.79 Å². The third-order valence-electron chi connectivity index (χ3n) is 2.18. The molecular weight excluding hydrogens is 366 g/mol. The summed E-state index contributed by atoms with van der Waals surface area (Å²) in [6.45, 7) is 1.91. The maximum atomic E-state index is 9.84.